The van der Waals surface area contributed by atoms with E-state index in [0.717, 1.165) is 12.4 Å². The monoisotopic (exact) mass is 248 g/mol. The van der Waals surface area contributed by atoms with Crippen molar-refractivity contribution in [3.05, 3.63) is 29.6 Å². The third-order valence-electron chi connectivity index (χ3n) is 3.00. The quantitative estimate of drug-likeness (QED) is 0.861. The molecule has 0 amide bonds. The Hall–Kier alpha value is -1.69. The maximum absolute atomic E-state index is 4.41. The van der Waals surface area contributed by atoms with Crippen LogP contribution in [0.15, 0.2) is 12.5 Å². The molecule has 6 nitrogen and oxygen atoms in total. The van der Waals surface area contributed by atoms with Crippen molar-refractivity contribution in [1.82, 2.24) is 29.9 Å². The molecule has 1 N–H and O–H groups in total. The number of rotatable bonds is 5. The zero-order chi connectivity index (χ0) is 13.1. The highest BCUT2D eigenvalue weighted by molar-refractivity contribution is 5.16. The first-order valence-corrected chi connectivity index (χ1v) is 6.17. The SMILES string of the molecule is CNCc1cnn(Cc2ncnn2C(C)C)c1C. The molecule has 2 rings (SSSR count). The topological polar surface area (TPSA) is 60.6 Å². The van der Waals surface area contributed by atoms with Gasteiger partial charge in [0.25, 0.3) is 0 Å². The second-order valence-corrected chi connectivity index (χ2v) is 4.66. The van der Waals surface area contributed by atoms with Crippen LogP contribution in [0.4, 0.5) is 0 Å². The Morgan fingerprint density at radius 3 is 2.78 bits per heavy atom. The second kappa shape index (κ2) is 5.30. The fourth-order valence-electron chi connectivity index (χ4n) is 1.96. The van der Waals surface area contributed by atoms with Crippen molar-refractivity contribution < 1.29 is 0 Å². The summed E-state index contributed by atoms with van der Waals surface area (Å²) in [6.45, 7) is 7.77. The van der Waals surface area contributed by atoms with E-state index in [1.165, 1.54) is 11.3 Å². The smallest absolute Gasteiger partial charge is 0.148 e. The van der Waals surface area contributed by atoms with Gasteiger partial charge in [0.2, 0.25) is 0 Å². The Balaban J connectivity index is 2.21. The van der Waals surface area contributed by atoms with E-state index >= 15 is 0 Å². The molecule has 0 aliphatic carbocycles. The lowest BCUT2D eigenvalue weighted by Crippen LogP contribution is -2.14. The third-order valence-corrected chi connectivity index (χ3v) is 3.00. The molecule has 0 aliphatic rings. The van der Waals surface area contributed by atoms with E-state index < -0.39 is 0 Å². The van der Waals surface area contributed by atoms with Gasteiger partial charge >= 0.3 is 0 Å². The van der Waals surface area contributed by atoms with Crippen molar-refractivity contribution in [2.24, 2.45) is 0 Å². The van der Waals surface area contributed by atoms with Crippen molar-refractivity contribution in [2.45, 2.75) is 39.9 Å². The van der Waals surface area contributed by atoms with Gasteiger partial charge in [-0.3, -0.25) is 4.68 Å². The summed E-state index contributed by atoms with van der Waals surface area (Å²) < 4.78 is 3.90. The summed E-state index contributed by atoms with van der Waals surface area (Å²) in [7, 11) is 1.94. The van der Waals surface area contributed by atoms with E-state index in [4.69, 9.17) is 0 Å². The average Bonchev–Trinajstić information content (AvgIpc) is 2.91. The van der Waals surface area contributed by atoms with Gasteiger partial charge in [-0.2, -0.15) is 10.2 Å². The Kier molecular flexibility index (Phi) is 3.76. The van der Waals surface area contributed by atoms with Crippen LogP contribution in [-0.2, 0) is 13.1 Å². The van der Waals surface area contributed by atoms with Gasteiger partial charge in [-0.25, -0.2) is 9.67 Å². The molecule has 0 bridgehead atoms. The highest BCUT2D eigenvalue weighted by atomic mass is 15.4. The van der Waals surface area contributed by atoms with E-state index in [-0.39, 0.29) is 0 Å². The molecule has 0 saturated carbocycles. The van der Waals surface area contributed by atoms with Gasteiger partial charge < -0.3 is 5.32 Å². The van der Waals surface area contributed by atoms with E-state index in [1.54, 1.807) is 6.33 Å². The van der Waals surface area contributed by atoms with Gasteiger partial charge in [0.15, 0.2) is 0 Å². The lowest BCUT2D eigenvalue weighted by molar-refractivity contribution is 0.485. The maximum Gasteiger partial charge on any atom is 0.148 e. The lowest BCUT2D eigenvalue weighted by Gasteiger charge is -2.10. The van der Waals surface area contributed by atoms with E-state index in [2.05, 4.69) is 41.3 Å². The van der Waals surface area contributed by atoms with Crippen molar-refractivity contribution in [1.29, 1.82) is 0 Å². The summed E-state index contributed by atoms with van der Waals surface area (Å²) >= 11 is 0. The number of hydrogen-bond acceptors (Lipinski definition) is 4. The molecule has 18 heavy (non-hydrogen) atoms. The van der Waals surface area contributed by atoms with E-state index in [1.807, 2.05) is 22.6 Å². The molecule has 0 aliphatic heterocycles. The van der Waals surface area contributed by atoms with Crippen molar-refractivity contribution >= 4 is 0 Å². The standard InChI is InChI=1S/C12H20N6/c1-9(2)18-12(14-8-16-18)7-17-10(3)11(5-13-4)6-15-17/h6,8-9,13H,5,7H2,1-4H3. The fraction of sp³-hybridized carbons (Fsp3) is 0.583. The number of nitrogens with one attached hydrogen (secondary N) is 1. The summed E-state index contributed by atoms with van der Waals surface area (Å²) in [4.78, 5) is 4.30. The van der Waals surface area contributed by atoms with Gasteiger partial charge in [-0.05, 0) is 27.8 Å². The Morgan fingerprint density at radius 2 is 2.11 bits per heavy atom. The minimum Gasteiger partial charge on any atom is -0.316 e. The molecule has 0 fully saturated rings. The molecule has 0 aromatic carbocycles. The Bertz CT molecular complexity index is 510. The molecule has 6 heteroatoms. The molecule has 0 atom stereocenters. The zero-order valence-electron chi connectivity index (χ0n) is 11.4. The third kappa shape index (κ3) is 2.43. The summed E-state index contributed by atoms with van der Waals surface area (Å²) in [6, 6.07) is 0.315. The normalized spacial score (nSPS) is 11.4. The van der Waals surface area contributed by atoms with Gasteiger partial charge in [-0.1, -0.05) is 0 Å². The van der Waals surface area contributed by atoms with E-state index in [9.17, 15) is 0 Å². The summed E-state index contributed by atoms with van der Waals surface area (Å²) in [5.41, 5.74) is 2.38. The van der Waals surface area contributed by atoms with Crippen LogP contribution in [0, 0.1) is 6.92 Å². The minimum absolute atomic E-state index is 0.315. The van der Waals surface area contributed by atoms with Crippen LogP contribution in [-0.4, -0.2) is 31.6 Å². The fourth-order valence-corrected chi connectivity index (χ4v) is 1.96. The lowest BCUT2D eigenvalue weighted by atomic mass is 10.2. The number of hydrogen-bond donors (Lipinski definition) is 1. The predicted octanol–water partition coefficient (Wildman–Crippen LogP) is 1.13. The van der Waals surface area contributed by atoms with Crippen LogP contribution >= 0.6 is 0 Å². The predicted molar refractivity (Wildman–Crippen MR) is 69.2 cm³/mol. The van der Waals surface area contributed by atoms with Crippen LogP contribution in [0.2, 0.25) is 0 Å². The summed E-state index contributed by atoms with van der Waals surface area (Å²) in [5.74, 6) is 0.937. The van der Waals surface area contributed by atoms with Gasteiger partial charge in [-0.15, -0.1) is 0 Å². The highest BCUT2D eigenvalue weighted by Gasteiger charge is 2.11. The molecule has 2 heterocycles. The maximum atomic E-state index is 4.41. The van der Waals surface area contributed by atoms with Crippen LogP contribution in [0.1, 0.15) is 37.0 Å². The zero-order valence-corrected chi connectivity index (χ0v) is 11.4. The van der Waals surface area contributed by atoms with Crippen molar-refractivity contribution in [3.63, 3.8) is 0 Å². The molecule has 98 valence electrons. The van der Waals surface area contributed by atoms with Crippen molar-refractivity contribution in [2.75, 3.05) is 7.05 Å². The Morgan fingerprint density at radius 1 is 1.33 bits per heavy atom. The molecule has 0 spiro atoms. The van der Waals surface area contributed by atoms with E-state index in [0.29, 0.717) is 12.6 Å². The second-order valence-electron chi connectivity index (χ2n) is 4.66. The first kappa shape index (κ1) is 12.8. The molecular weight excluding hydrogens is 228 g/mol. The molecule has 0 unspecified atom stereocenters. The molecule has 0 radical (unpaired) electrons. The van der Waals surface area contributed by atoms with Gasteiger partial charge in [0.05, 0.1) is 6.20 Å². The molecule has 2 aromatic heterocycles. The summed E-state index contributed by atoms with van der Waals surface area (Å²) in [5, 5.41) is 11.8. The van der Waals surface area contributed by atoms with Crippen molar-refractivity contribution in [3.8, 4) is 0 Å². The van der Waals surface area contributed by atoms with Crippen LogP contribution < -0.4 is 5.32 Å². The largest absolute Gasteiger partial charge is 0.316 e. The molecule has 2 aromatic rings. The number of aromatic nitrogens is 5. The molecule has 0 saturated heterocycles. The summed E-state index contributed by atoms with van der Waals surface area (Å²) in [6.07, 6.45) is 3.50. The van der Waals surface area contributed by atoms with Crippen LogP contribution in [0.3, 0.4) is 0 Å². The first-order chi connectivity index (χ1) is 8.63. The number of nitrogens with zero attached hydrogens (tertiary/aromatic N) is 5. The Labute approximate surface area is 107 Å². The molecular formula is C12H20N6. The highest BCUT2D eigenvalue weighted by Crippen LogP contribution is 2.11. The van der Waals surface area contributed by atoms with Crippen LogP contribution in [0.5, 0.6) is 0 Å². The van der Waals surface area contributed by atoms with Gasteiger partial charge in [0, 0.05) is 23.8 Å². The average molecular weight is 248 g/mol. The first-order valence-electron chi connectivity index (χ1n) is 6.17. The minimum atomic E-state index is 0.315. The van der Waals surface area contributed by atoms with Crippen LogP contribution in [0.25, 0.3) is 0 Å². The van der Waals surface area contributed by atoms with Gasteiger partial charge in [0.1, 0.15) is 18.7 Å².